The van der Waals surface area contributed by atoms with Crippen molar-refractivity contribution in [2.24, 2.45) is 5.41 Å². The zero-order valence-corrected chi connectivity index (χ0v) is 15.5. The topological polar surface area (TPSA) is 128 Å². The van der Waals surface area contributed by atoms with Crippen LogP contribution in [0.1, 0.15) is 42.3 Å². The molecule has 1 amide bonds. The molecule has 4 N–H and O–H groups in total. The Morgan fingerprint density at radius 1 is 1.14 bits per heavy atom. The Kier molecular flexibility index (Phi) is 4.76. The standard InChI is InChI=1S/C20H18N4O4/c1-20(2,3)18(28)24-19-22-15-14(16(25)23-19)13(10-21-15)9-6-11-4-7-12(8-5-11)17(26)27/h4-5,7-8,10H,1-3H3,(H,26,27)(H3,21,22,23,24,25,28). The number of aromatic nitrogens is 3. The lowest BCUT2D eigenvalue weighted by molar-refractivity contribution is -0.123. The van der Waals surface area contributed by atoms with Gasteiger partial charge in [0.05, 0.1) is 16.5 Å². The molecule has 3 aromatic rings. The van der Waals surface area contributed by atoms with Crippen molar-refractivity contribution >= 4 is 28.9 Å². The van der Waals surface area contributed by atoms with Crippen LogP contribution in [0.15, 0.2) is 35.3 Å². The number of benzene rings is 1. The van der Waals surface area contributed by atoms with Crippen LogP contribution < -0.4 is 10.9 Å². The molecule has 142 valence electrons. The van der Waals surface area contributed by atoms with Gasteiger partial charge < -0.3 is 10.1 Å². The Bertz CT molecular complexity index is 1190. The average Bonchev–Trinajstić information content (AvgIpc) is 3.03. The number of fused-ring (bicyclic) bond motifs is 1. The third-order valence-electron chi connectivity index (χ3n) is 3.93. The van der Waals surface area contributed by atoms with Crippen LogP contribution in [0.3, 0.4) is 0 Å². The number of amides is 1. The summed E-state index contributed by atoms with van der Waals surface area (Å²) in [5.41, 5.74) is 0.468. The highest BCUT2D eigenvalue weighted by atomic mass is 16.4. The smallest absolute Gasteiger partial charge is 0.335 e. The summed E-state index contributed by atoms with van der Waals surface area (Å²) in [7, 11) is 0. The summed E-state index contributed by atoms with van der Waals surface area (Å²) in [6.07, 6.45) is 1.56. The van der Waals surface area contributed by atoms with Crippen LogP contribution in [0.4, 0.5) is 5.95 Å². The molecule has 0 atom stereocenters. The Labute approximate surface area is 160 Å². The number of carboxylic acids is 1. The second-order valence-corrected chi connectivity index (χ2v) is 7.18. The average molecular weight is 378 g/mol. The van der Waals surface area contributed by atoms with E-state index in [1.807, 2.05) is 0 Å². The highest BCUT2D eigenvalue weighted by Crippen LogP contribution is 2.17. The molecule has 0 saturated carbocycles. The molecule has 1 aromatic carbocycles. The number of carboxylic acid groups (broad SMARTS) is 1. The fourth-order valence-electron chi connectivity index (χ4n) is 2.33. The van der Waals surface area contributed by atoms with Crippen LogP contribution in [-0.4, -0.2) is 31.9 Å². The van der Waals surface area contributed by atoms with Crippen molar-refractivity contribution in [3.8, 4) is 11.8 Å². The van der Waals surface area contributed by atoms with E-state index in [0.717, 1.165) is 0 Å². The summed E-state index contributed by atoms with van der Waals surface area (Å²) in [6, 6.07) is 6.10. The van der Waals surface area contributed by atoms with Crippen LogP contribution in [0, 0.1) is 17.3 Å². The van der Waals surface area contributed by atoms with Crippen LogP contribution in [0.25, 0.3) is 11.0 Å². The summed E-state index contributed by atoms with van der Waals surface area (Å²) < 4.78 is 0. The van der Waals surface area contributed by atoms with Crippen LogP contribution >= 0.6 is 0 Å². The highest BCUT2D eigenvalue weighted by Gasteiger charge is 2.22. The minimum absolute atomic E-state index is 0.0584. The molecule has 8 nitrogen and oxygen atoms in total. The maximum absolute atomic E-state index is 12.4. The summed E-state index contributed by atoms with van der Waals surface area (Å²) in [5, 5.41) is 11.8. The molecule has 0 aliphatic heterocycles. The number of hydrogen-bond donors (Lipinski definition) is 4. The number of H-pyrrole nitrogens is 2. The van der Waals surface area contributed by atoms with Gasteiger partial charge in [-0.2, -0.15) is 4.98 Å². The molecule has 0 radical (unpaired) electrons. The van der Waals surface area contributed by atoms with E-state index in [-0.39, 0.29) is 22.8 Å². The number of hydrogen-bond acceptors (Lipinski definition) is 4. The largest absolute Gasteiger partial charge is 0.478 e. The molecule has 0 unspecified atom stereocenters. The van der Waals surface area contributed by atoms with Crippen molar-refractivity contribution in [2.45, 2.75) is 20.8 Å². The molecule has 0 aliphatic rings. The van der Waals surface area contributed by atoms with E-state index in [9.17, 15) is 14.4 Å². The van der Waals surface area contributed by atoms with E-state index in [0.29, 0.717) is 16.8 Å². The zero-order chi connectivity index (χ0) is 20.5. The maximum atomic E-state index is 12.4. The van der Waals surface area contributed by atoms with Gasteiger partial charge in [-0.05, 0) is 24.3 Å². The third-order valence-corrected chi connectivity index (χ3v) is 3.93. The van der Waals surface area contributed by atoms with Crippen molar-refractivity contribution in [3.05, 3.63) is 57.5 Å². The van der Waals surface area contributed by atoms with Gasteiger partial charge in [-0.1, -0.05) is 32.6 Å². The van der Waals surface area contributed by atoms with E-state index in [1.54, 1.807) is 39.1 Å². The molecule has 2 heterocycles. The lowest BCUT2D eigenvalue weighted by Gasteiger charge is -2.16. The van der Waals surface area contributed by atoms with Gasteiger partial charge in [0.25, 0.3) is 5.56 Å². The number of nitrogens with zero attached hydrogens (tertiary/aromatic N) is 1. The molecule has 28 heavy (non-hydrogen) atoms. The molecule has 0 fully saturated rings. The number of nitrogens with one attached hydrogen (secondary N) is 3. The Balaban J connectivity index is 1.92. The summed E-state index contributed by atoms with van der Waals surface area (Å²) in [5.74, 6) is 4.54. The van der Waals surface area contributed by atoms with Crippen LogP contribution in [-0.2, 0) is 4.79 Å². The third kappa shape index (κ3) is 3.94. The van der Waals surface area contributed by atoms with Crippen molar-refractivity contribution in [3.63, 3.8) is 0 Å². The maximum Gasteiger partial charge on any atom is 0.335 e. The predicted octanol–water partition coefficient (Wildman–Crippen LogP) is 2.33. The molecular weight excluding hydrogens is 360 g/mol. The van der Waals surface area contributed by atoms with Gasteiger partial charge in [0.15, 0.2) is 0 Å². The predicted molar refractivity (Wildman–Crippen MR) is 104 cm³/mol. The van der Waals surface area contributed by atoms with Gasteiger partial charge in [-0.3, -0.25) is 19.9 Å². The van der Waals surface area contributed by atoms with Gasteiger partial charge in [0.2, 0.25) is 11.9 Å². The fraction of sp³-hybridized carbons (Fsp3) is 0.200. The number of carbonyl (C=O) groups is 2. The second-order valence-electron chi connectivity index (χ2n) is 7.18. The van der Waals surface area contributed by atoms with E-state index in [1.165, 1.54) is 12.1 Å². The Hall–Kier alpha value is -3.86. The van der Waals surface area contributed by atoms with E-state index >= 15 is 0 Å². The van der Waals surface area contributed by atoms with Crippen molar-refractivity contribution < 1.29 is 14.7 Å². The lowest BCUT2D eigenvalue weighted by Crippen LogP contribution is -2.29. The van der Waals surface area contributed by atoms with Crippen molar-refractivity contribution in [2.75, 3.05) is 5.32 Å². The summed E-state index contributed by atoms with van der Waals surface area (Å²) in [6.45, 7) is 5.26. The van der Waals surface area contributed by atoms with Gasteiger partial charge in [0, 0.05) is 17.2 Å². The first-order valence-electron chi connectivity index (χ1n) is 8.43. The molecule has 2 aromatic heterocycles. The van der Waals surface area contributed by atoms with Crippen molar-refractivity contribution in [1.29, 1.82) is 0 Å². The molecule has 0 saturated heterocycles. The first kappa shape index (κ1) is 18.9. The molecule has 0 aliphatic carbocycles. The number of anilines is 1. The second kappa shape index (κ2) is 7.04. The Morgan fingerprint density at radius 2 is 1.82 bits per heavy atom. The molecule has 0 bridgehead atoms. The molecular formula is C20H18N4O4. The minimum Gasteiger partial charge on any atom is -0.478 e. The van der Waals surface area contributed by atoms with E-state index in [2.05, 4.69) is 32.1 Å². The monoisotopic (exact) mass is 378 g/mol. The van der Waals surface area contributed by atoms with Gasteiger partial charge in [-0.15, -0.1) is 0 Å². The minimum atomic E-state index is -1.01. The fourth-order valence-corrected chi connectivity index (χ4v) is 2.33. The van der Waals surface area contributed by atoms with Crippen molar-refractivity contribution in [1.82, 2.24) is 15.0 Å². The first-order chi connectivity index (χ1) is 13.1. The number of aromatic carboxylic acids is 1. The van der Waals surface area contributed by atoms with Crippen LogP contribution in [0.5, 0.6) is 0 Å². The zero-order valence-electron chi connectivity index (χ0n) is 15.5. The lowest BCUT2D eigenvalue weighted by atomic mass is 9.96. The van der Waals surface area contributed by atoms with E-state index in [4.69, 9.17) is 5.11 Å². The number of carbonyl (C=O) groups excluding carboxylic acids is 1. The number of aromatic amines is 2. The highest BCUT2D eigenvalue weighted by molar-refractivity contribution is 5.94. The van der Waals surface area contributed by atoms with Gasteiger partial charge in [0.1, 0.15) is 5.65 Å². The SMILES string of the molecule is CC(C)(C)C(=O)Nc1nc2[nH]cc(C#Cc3ccc(C(=O)O)cc3)c2c(=O)[nH]1. The number of rotatable bonds is 2. The van der Waals surface area contributed by atoms with Crippen LogP contribution in [0.2, 0.25) is 0 Å². The van der Waals surface area contributed by atoms with Gasteiger partial charge in [-0.25, -0.2) is 4.79 Å². The Morgan fingerprint density at radius 3 is 2.43 bits per heavy atom. The summed E-state index contributed by atoms with van der Waals surface area (Å²) in [4.78, 5) is 45.0. The summed E-state index contributed by atoms with van der Waals surface area (Å²) >= 11 is 0. The molecule has 3 rings (SSSR count). The normalized spacial score (nSPS) is 11.0. The molecule has 8 heteroatoms. The first-order valence-corrected chi connectivity index (χ1v) is 8.43. The quantitative estimate of drug-likeness (QED) is 0.509. The van der Waals surface area contributed by atoms with Gasteiger partial charge >= 0.3 is 5.97 Å². The molecule has 0 spiro atoms. The van der Waals surface area contributed by atoms with E-state index < -0.39 is 16.9 Å².